The topological polar surface area (TPSA) is 112 Å². The van der Waals surface area contributed by atoms with Crippen molar-refractivity contribution in [1.82, 2.24) is 9.13 Å². The van der Waals surface area contributed by atoms with Gasteiger partial charge in [-0.15, -0.1) is 0 Å². The van der Waals surface area contributed by atoms with Crippen LogP contribution in [0, 0.1) is 13.8 Å². The highest BCUT2D eigenvalue weighted by atomic mass is 32.1. The van der Waals surface area contributed by atoms with Crippen LogP contribution >= 0.6 is 11.3 Å². The number of carboxylic acids is 1. The lowest BCUT2D eigenvalue weighted by Crippen LogP contribution is -2.40. The third kappa shape index (κ3) is 5.58. The third-order valence-corrected chi connectivity index (χ3v) is 8.21. The number of rotatable bonds is 8. The molecule has 1 aliphatic heterocycles. The SMILES string of the molecule is CCOC(=O)C1=C(C)N=c2s/c(=C/c3cc(C)n(-c4ccc(C(=O)O)cc4)c3C)c(=O)n2[C@@H]1c1ccccc1OC(C)C. The fourth-order valence-electron chi connectivity index (χ4n) is 5.38. The molecule has 0 bridgehead atoms. The molecule has 2 aromatic heterocycles. The predicted molar refractivity (Wildman–Crippen MR) is 165 cm³/mol. The molecule has 0 saturated heterocycles. The van der Waals surface area contributed by atoms with Crippen molar-refractivity contribution in [3.63, 3.8) is 0 Å². The van der Waals surface area contributed by atoms with Crippen molar-refractivity contribution >= 4 is 29.4 Å². The highest BCUT2D eigenvalue weighted by molar-refractivity contribution is 7.07. The van der Waals surface area contributed by atoms with Crippen molar-refractivity contribution in [2.45, 2.75) is 53.7 Å². The van der Waals surface area contributed by atoms with Crippen LogP contribution in [-0.2, 0) is 9.53 Å². The Morgan fingerprint density at radius 3 is 2.44 bits per heavy atom. The van der Waals surface area contributed by atoms with Crippen LogP contribution in [0.2, 0.25) is 0 Å². The molecule has 0 aliphatic carbocycles. The Kier molecular flexibility index (Phi) is 8.23. The van der Waals surface area contributed by atoms with Crippen LogP contribution in [0.5, 0.6) is 5.75 Å². The number of para-hydroxylation sites is 1. The molecule has 4 aromatic rings. The maximum absolute atomic E-state index is 14.1. The number of nitrogens with zero attached hydrogens (tertiary/aromatic N) is 3. The lowest BCUT2D eigenvalue weighted by molar-refractivity contribution is -0.139. The number of hydrogen-bond acceptors (Lipinski definition) is 7. The zero-order chi connectivity index (χ0) is 31.0. The molecule has 1 aliphatic rings. The van der Waals surface area contributed by atoms with Crippen LogP contribution in [0.4, 0.5) is 0 Å². The number of esters is 1. The Labute approximate surface area is 252 Å². The fourth-order valence-corrected chi connectivity index (χ4v) is 6.42. The highest BCUT2D eigenvalue weighted by Gasteiger charge is 2.35. The van der Waals surface area contributed by atoms with Gasteiger partial charge < -0.3 is 19.1 Å². The van der Waals surface area contributed by atoms with Crippen molar-refractivity contribution in [3.8, 4) is 11.4 Å². The van der Waals surface area contributed by atoms with E-state index in [-0.39, 0.29) is 23.8 Å². The number of aromatic carboxylic acids is 1. The van der Waals surface area contributed by atoms with E-state index in [1.54, 1.807) is 42.7 Å². The maximum atomic E-state index is 14.1. The zero-order valence-electron chi connectivity index (χ0n) is 24.9. The lowest BCUT2D eigenvalue weighted by Gasteiger charge is -2.26. The lowest BCUT2D eigenvalue weighted by atomic mass is 9.95. The third-order valence-electron chi connectivity index (χ3n) is 7.22. The van der Waals surface area contributed by atoms with Crippen molar-refractivity contribution in [2.24, 2.45) is 4.99 Å². The molecule has 0 spiro atoms. The van der Waals surface area contributed by atoms with Crippen LogP contribution in [0.1, 0.15) is 66.6 Å². The summed E-state index contributed by atoms with van der Waals surface area (Å²) in [7, 11) is 0. The van der Waals surface area contributed by atoms with E-state index in [1.807, 2.05) is 68.7 Å². The van der Waals surface area contributed by atoms with Gasteiger partial charge in [0.15, 0.2) is 4.80 Å². The van der Waals surface area contributed by atoms with E-state index in [9.17, 15) is 19.5 Å². The van der Waals surface area contributed by atoms with Crippen molar-refractivity contribution in [3.05, 3.63) is 114 Å². The average molecular weight is 600 g/mol. The molecule has 0 radical (unpaired) electrons. The molecular formula is C33H33N3O6S. The minimum absolute atomic E-state index is 0.122. The van der Waals surface area contributed by atoms with Gasteiger partial charge in [0, 0.05) is 22.6 Å². The number of benzene rings is 2. The number of ether oxygens (including phenoxy) is 2. The summed E-state index contributed by atoms with van der Waals surface area (Å²) in [6.45, 7) is 11.4. The maximum Gasteiger partial charge on any atom is 0.338 e. The van der Waals surface area contributed by atoms with E-state index in [2.05, 4.69) is 4.99 Å². The summed E-state index contributed by atoms with van der Waals surface area (Å²) >= 11 is 1.26. The molecule has 1 atom stereocenters. The van der Waals surface area contributed by atoms with E-state index in [1.165, 1.54) is 11.3 Å². The van der Waals surface area contributed by atoms with Crippen LogP contribution < -0.4 is 19.6 Å². The zero-order valence-corrected chi connectivity index (χ0v) is 25.7. The van der Waals surface area contributed by atoms with Crippen LogP contribution in [0.15, 0.2) is 75.7 Å². The highest BCUT2D eigenvalue weighted by Crippen LogP contribution is 2.36. The fraction of sp³-hybridized carbons (Fsp3) is 0.273. The number of carbonyl (C=O) groups is 2. The molecule has 10 heteroatoms. The second-order valence-electron chi connectivity index (χ2n) is 10.5. The summed E-state index contributed by atoms with van der Waals surface area (Å²) in [4.78, 5) is 43.9. The summed E-state index contributed by atoms with van der Waals surface area (Å²) in [6, 6.07) is 15.3. The first kappa shape index (κ1) is 29.8. The number of carbonyl (C=O) groups excluding carboxylic acids is 1. The number of carboxylic acid groups (broad SMARTS) is 1. The van der Waals surface area contributed by atoms with Gasteiger partial charge >= 0.3 is 11.9 Å². The number of aromatic nitrogens is 2. The van der Waals surface area contributed by atoms with E-state index in [0.29, 0.717) is 31.9 Å². The average Bonchev–Trinajstić information content (AvgIpc) is 3.41. The normalized spacial score (nSPS) is 15.0. The molecule has 0 saturated carbocycles. The first-order valence-corrected chi connectivity index (χ1v) is 14.8. The minimum atomic E-state index is -0.985. The molecule has 0 fully saturated rings. The Morgan fingerprint density at radius 1 is 1.09 bits per heavy atom. The molecule has 3 heterocycles. The molecule has 222 valence electrons. The van der Waals surface area contributed by atoms with Gasteiger partial charge in [-0.05, 0) is 89.6 Å². The molecule has 0 amide bonds. The van der Waals surface area contributed by atoms with E-state index in [0.717, 1.165) is 22.6 Å². The molecule has 43 heavy (non-hydrogen) atoms. The van der Waals surface area contributed by atoms with Gasteiger partial charge in [-0.2, -0.15) is 0 Å². The molecule has 0 unspecified atom stereocenters. The van der Waals surface area contributed by atoms with E-state index < -0.39 is 18.0 Å². The number of hydrogen-bond donors (Lipinski definition) is 1. The number of aryl methyl sites for hydroxylation is 1. The summed E-state index contributed by atoms with van der Waals surface area (Å²) < 4.78 is 15.6. The Morgan fingerprint density at radius 2 is 1.79 bits per heavy atom. The van der Waals surface area contributed by atoms with Crippen LogP contribution in [0.3, 0.4) is 0 Å². The van der Waals surface area contributed by atoms with Gasteiger partial charge in [-0.25, -0.2) is 14.6 Å². The smallest absolute Gasteiger partial charge is 0.338 e. The molecule has 5 rings (SSSR count). The Bertz CT molecular complexity index is 1940. The Balaban J connectivity index is 1.68. The minimum Gasteiger partial charge on any atom is -0.491 e. The second-order valence-corrected chi connectivity index (χ2v) is 11.5. The van der Waals surface area contributed by atoms with E-state index >= 15 is 0 Å². The van der Waals surface area contributed by atoms with Crippen LogP contribution in [-0.4, -0.2) is 38.9 Å². The molecular weight excluding hydrogens is 566 g/mol. The number of thiazole rings is 1. The predicted octanol–water partition coefficient (Wildman–Crippen LogP) is 4.69. The number of fused-ring (bicyclic) bond motifs is 1. The van der Waals surface area contributed by atoms with Crippen molar-refractivity contribution in [1.29, 1.82) is 0 Å². The summed E-state index contributed by atoms with van der Waals surface area (Å²) in [5, 5.41) is 9.27. The molecule has 2 aromatic carbocycles. The van der Waals surface area contributed by atoms with Crippen LogP contribution in [0.25, 0.3) is 11.8 Å². The Hall–Kier alpha value is -4.70. The van der Waals surface area contributed by atoms with Crippen molar-refractivity contribution < 1.29 is 24.2 Å². The summed E-state index contributed by atoms with van der Waals surface area (Å²) in [5.74, 6) is -0.938. The van der Waals surface area contributed by atoms with Gasteiger partial charge in [0.05, 0.1) is 34.1 Å². The van der Waals surface area contributed by atoms with Crippen molar-refractivity contribution in [2.75, 3.05) is 6.61 Å². The monoisotopic (exact) mass is 599 g/mol. The summed E-state index contributed by atoms with van der Waals surface area (Å²) in [6.07, 6.45) is 1.72. The molecule has 9 nitrogen and oxygen atoms in total. The van der Waals surface area contributed by atoms with Gasteiger partial charge in [0.2, 0.25) is 0 Å². The first-order chi connectivity index (χ1) is 20.5. The largest absolute Gasteiger partial charge is 0.491 e. The van der Waals surface area contributed by atoms with E-state index in [4.69, 9.17) is 9.47 Å². The number of allylic oxidation sites excluding steroid dienone is 1. The second kappa shape index (κ2) is 11.9. The van der Waals surface area contributed by atoms with Gasteiger partial charge in [0.25, 0.3) is 5.56 Å². The van der Waals surface area contributed by atoms with Gasteiger partial charge in [-0.3, -0.25) is 9.36 Å². The first-order valence-electron chi connectivity index (χ1n) is 14.0. The quantitative estimate of drug-likeness (QED) is 0.294. The molecule has 1 N–H and O–H groups in total. The van der Waals surface area contributed by atoms with Gasteiger partial charge in [0.1, 0.15) is 11.8 Å². The standard InChI is InChI=1S/C33H33N3O6S/c1-7-41-32(40)28-20(5)34-33-36(29(28)25-10-8-9-11-26(25)42-18(2)3)30(37)27(43-33)17-23-16-19(4)35(21(23)6)24-14-12-22(13-15-24)31(38)39/h8-18,29H,7H2,1-6H3,(H,38,39)/b27-17+/t29-/m1/s1. The van der Waals surface area contributed by atoms with Gasteiger partial charge in [-0.1, -0.05) is 29.5 Å². The summed E-state index contributed by atoms with van der Waals surface area (Å²) in [5.41, 5.74) is 4.85.